The first-order chi connectivity index (χ1) is 11.6. The van der Waals surface area contributed by atoms with Gasteiger partial charge in [-0.3, -0.25) is 4.99 Å². The number of benzene rings is 1. The van der Waals surface area contributed by atoms with Crippen LogP contribution in [0.4, 0.5) is 8.78 Å². The number of ether oxygens (including phenoxy) is 1. The van der Waals surface area contributed by atoms with Gasteiger partial charge in [-0.05, 0) is 24.6 Å². The maximum Gasteiger partial charge on any atom is 0.387 e. The summed E-state index contributed by atoms with van der Waals surface area (Å²) in [7, 11) is 1.67. The molecule has 2 rings (SSSR count). The van der Waals surface area contributed by atoms with E-state index in [0.29, 0.717) is 24.6 Å². The predicted octanol–water partition coefficient (Wildman–Crippen LogP) is 3.78. The number of aliphatic imine (C=N–C) groups is 1. The van der Waals surface area contributed by atoms with Gasteiger partial charge in [0.1, 0.15) is 5.75 Å². The molecule has 130 valence electrons. The van der Waals surface area contributed by atoms with Gasteiger partial charge in [0, 0.05) is 28.9 Å². The average molecular weight is 353 g/mol. The van der Waals surface area contributed by atoms with Crippen molar-refractivity contribution in [3.8, 4) is 5.75 Å². The topological polar surface area (TPSA) is 45.7 Å². The van der Waals surface area contributed by atoms with Crippen LogP contribution < -0.4 is 15.4 Å². The van der Waals surface area contributed by atoms with E-state index >= 15 is 0 Å². The van der Waals surface area contributed by atoms with Crippen molar-refractivity contribution in [2.45, 2.75) is 33.0 Å². The molecule has 1 aromatic carbocycles. The van der Waals surface area contributed by atoms with Crippen LogP contribution in [0.2, 0.25) is 0 Å². The molecule has 0 radical (unpaired) electrons. The average Bonchev–Trinajstić information content (AvgIpc) is 3.04. The van der Waals surface area contributed by atoms with E-state index in [0.717, 1.165) is 6.42 Å². The zero-order valence-electron chi connectivity index (χ0n) is 13.7. The number of hydrogen-bond donors (Lipinski definition) is 2. The molecule has 0 atom stereocenters. The number of nitrogens with one attached hydrogen (secondary N) is 2. The summed E-state index contributed by atoms with van der Waals surface area (Å²) in [6.07, 6.45) is 1.03. The Morgan fingerprint density at radius 2 is 1.83 bits per heavy atom. The molecule has 0 amide bonds. The van der Waals surface area contributed by atoms with Crippen molar-refractivity contribution in [3.05, 3.63) is 51.7 Å². The number of halogens is 2. The first-order valence-corrected chi connectivity index (χ1v) is 8.48. The van der Waals surface area contributed by atoms with E-state index in [9.17, 15) is 8.78 Å². The summed E-state index contributed by atoms with van der Waals surface area (Å²) in [5, 5.41) is 6.32. The number of nitrogens with zero attached hydrogens (tertiary/aromatic N) is 1. The highest BCUT2D eigenvalue weighted by Gasteiger charge is 2.09. The number of thiophene rings is 1. The third-order valence-corrected chi connectivity index (χ3v) is 4.58. The summed E-state index contributed by atoms with van der Waals surface area (Å²) in [6.45, 7) is 0.296. The van der Waals surface area contributed by atoms with Gasteiger partial charge in [-0.1, -0.05) is 25.1 Å². The van der Waals surface area contributed by atoms with Gasteiger partial charge in [-0.15, -0.1) is 11.3 Å². The Kier molecular flexibility index (Phi) is 6.99. The minimum atomic E-state index is -2.84. The van der Waals surface area contributed by atoms with E-state index < -0.39 is 6.61 Å². The summed E-state index contributed by atoms with van der Waals surface area (Å²) in [5.41, 5.74) is 0.644. The third-order valence-electron chi connectivity index (χ3n) is 3.35. The minimum absolute atomic E-state index is 0.168. The van der Waals surface area contributed by atoms with Gasteiger partial charge in [0.15, 0.2) is 5.96 Å². The standard InChI is InChI=1S/C17H21F2N3OS/c1-3-13-8-9-14(24-13)11-22-17(20-2)21-10-12-6-4-5-7-15(12)23-16(18)19/h4-9,16H,3,10-11H2,1-2H3,(H2,20,21,22). The molecular weight excluding hydrogens is 332 g/mol. The summed E-state index contributed by atoms with van der Waals surface area (Å²) in [5.74, 6) is 0.773. The van der Waals surface area contributed by atoms with Gasteiger partial charge >= 0.3 is 6.61 Å². The highest BCUT2D eigenvalue weighted by atomic mass is 32.1. The minimum Gasteiger partial charge on any atom is -0.434 e. The van der Waals surface area contributed by atoms with Crippen molar-refractivity contribution < 1.29 is 13.5 Å². The Labute approximate surface area is 144 Å². The zero-order chi connectivity index (χ0) is 17.4. The van der Waals surface area contributed by atoms with Gasteiger partial charge in [0.25, 0.3) is 0 Å². The zero-order valence-corrected chi connectivity index (χ0v) is 14.5. The summed E-state index contributed by atoms with van der Waals surface area (Å²) in [6, 6.07) is 10.9. The van der Waals surface area contributed by atoms with Gasteiger partial charge in [0.05, 0.1) is 6.54 Å². The van der Waals surface area contributed by atoms with Crippen LogP contribution in [-0.4, -0.2) is 19.6 Å². The molecular formula is C17H21F2N3OS. The number of hydrogen-bond acceptors (Lipinski definition) is 3. The molecule has 0 fully saturated rings. The maximum atomic E-state index is 12.4. The quantitative estimate of drug-likeness (QED) is 0.588. The molecule has 7 heteroatoms. The van der Waals surface area contributed by atoms with Crippen molar-refractivity contribution in [2.75, 3.05) is 7.05 Å². The molecule has 4 nitrogen and oxygen atoms in total. The number of rotatable bonds is 7. The first kappa shape index (κ1) is 18.2. The molecule has 1 heterocycles. The Balaban J connectivity index is 1.89. The van der Waals surface area contributed by atoms with Crippen LogP contribution in [0.15, 0.2) is 41.4 Å². The van der Waals surface area contributed by atoms with Crippen LogP contribution in [0.25, 0.3) is 0 Å². The van der Waals surface area contributed by atoms with Gasteiger partial charge in [0.2, 0.25) is 0 Å². The second-order valence-electron chi connectivity index (χ2n) is 4.99. The van der Waals surface area contributed by atoms with E-state index in [1.807, 2.05) is 0 Å². The molecule has 1 aromatic heterocycles. The van der Waals surface area contributed by atoms with Crippen LogP contribution in [0.5, 0.6) is 5.75 Å². The normalized spacial score (nSPS) is 11.6. The highest BCUT2D eigenvalue weighted by Crippen LogP contribution is 2.20. The molecule has 0 aliphatic heterocycles. The molecule has 0 unspecified atom stereocenters. The Bertz CT molecular complexity index is 673. The van der Waals surface area contributed by atoms with Crippen LogP contribution in [0.3, 0.4) is 0 Å². The Hall–Kier alpha value is -2.15. The van der Waals surface area contributed by atoms with E-state index in [4.69, 9.17) is 0 Å². The molecule has 0 bridgehead atoms. The Morgan fingerprint density at radius 3 is 2.50 bits per heavy atom. The van der Waals surface area contributed by atoms with Crippen LogP contribution in [-0.2, 0) is 19.5 Å². The number of alkyl halides is 2. The molecule has 2 N–H and O–H groups in total. The molecule has 2 aromatic rings. The van der Waals surface area contributed by atoms with Crippen LogP contribution in [0, 0.1) is 0 Å². The lowest BCUT2D eigenvalue weighted by Gasteiger charge is -2.14. The largest absolute Gasteiger partial charge is 0.434 e. The van der Waals surface area contributed by atoms with Gasteiger partial charge in [-0.25, -0.2) is 0 Å². The highest BCUT2D eigenvalue weighted by molar-refractivity contribution is 7.11. The molecule has 0 spiro atoms. The maximum absolute atomic E-state index is 12.4. The van der Waals surface area contributed by atoms with E-state index in [1.165, 1.54) is 15.8 Å². The second kappa shape index (κ2) is 9.22. The van der Waals surface area contributed by atoms with E-state index in [2.05, 4.69) is 39.4 Å². The van der Waals surface area contributed by atoms with Crippen LogP contribution >= 0.6 is 11.3 Å². The number of guanidine groups is 1. The fourth-order valence-corrected chi connectivity index (χ4v) is 3.04. The van der Waals surface area contributed by atoms with E-state index in [-0.39, 0.29) is 5.75 Å². The molecule has 0 saturated carbocycles. The van der Waals surface area contributed by atoms with E-state index in [1.54, 1.807) is 36.6 Å². The number of aryl methyl sites for hydroxylation is 1. The van der Waals surface area contributed by atoms with Crippen molar-refractivity contribution in [2.24, 2.45) is 4.99 Å². The van der Waals surface area contributed by atoms with Crippen molar-refractivity contribution in [1.29, 1.82) is 0 Å². The smallest absolute Gasteiger partial charge is 0.387 e. The fraction of sp³-hybridized carbons (Fsp3) is 0.353. The summed E-state index contributed by atoms with van der Waals surface area (Å²) in [4.78, 5) is 6.71. The van der Waals surface area contributed by atoms with Crippen LogP contribution in [0.1, 0.15) is 22.2 Å². The molecule has 0 saturated heterocycles. The molecule has 24 heavy (non-hydrogen) atoms. The van der Waals surface area contributed by atoms with Crippen molar-refractivity contribution >= 4 is 17.3 Å². The third kappa shape index (κ3) is 5.49. The Morgan fingerprint density at radius 1 is 1.12 bits per heavy atom. The monoisotopic (exact) mass is 353 g/mol. The van der Waals surface area contributed by atoms with Gasteiger partial charge in [-0.2, -0.15) is 8.78 Å². The van der Waals surface area contributed by atoms with Crippen molar-refractivity contribution in [3.63, 3.8) is 0 Å². The summed E-state index contributed by atoms with van der Waals surface area (Å²) >= 11 is 1.76. The first-order valence-electron chi connectivity index (χ1n) is 7.67. The fourth-order valence-electron chi connectivity index (χ4n) is 2.14. The second-order valence-corrected chi connectivity index (χ2v) is 6.24. The molecule has 0 aliphatic carbocycles. The lowest BCUT2D eigenvalue weighted by atomic mass is 10.2. The van der Waals surface area contributed by atoms with Gasteiger partial charge < -0.3 is 15.4 Å². The number of para-hydroxylation sites is 1. The summed E-state index contributed by atoms with van der Waals surface area (Å²) < 4.78 is 29.4. The molecule has 0 aliphatic rings. The predicted molar refractivity (Wildman–Crippen MR) is 93.8 cm³/mol. The van der Waals surface area contributed by atoms with Crippen molar-refractivity contribution in [1.82, 2.24) is 10.6 Å². The lowest BCUT2D eigenvalue weighted by Crippen LogP contribution is -2.36. The SMILES string of the molecule is CCc1ccc(CNC(=NC)NCc2ccccc2OC(F)F)s1. The lowest BCUT2D eigenvalue weighted by molar-refractivity contribution is -0.0504.